The fraction of sp³-hybridized carbons (Fsp3) is 0.688. The van der Waals surface area contributed by atoms with Crippen molar-refractivity contribution in [3.63, 3.8) is 0 Å². The molecule has 7 nitrogen and oxygen atoms in total. The third-order valence-electron chi connectivity index (χ3n) is 5.53. The van der Waals surface area contributed by atoms with Gasteiger partial charge in [-0.3, -0.25) is 0 Å². The second kappa shape index (κ2) is 5.42. The van der Waals surface area contributed by atoms with Crippen LogP contribution < -0.4 is 4.90 Å². The maximum Gasteiger partial charge on any atom is 0.178 e. The Balaban J connectivity index is 1.51. The molecular formula is C16H23N5O2. The van der Waals surface area contributed by atoms with Crippen molar-refractivity contribution in [3.8, 4) is 0 Å². The van der Waals surface area contributed by atoms with E-state index < -0.39 is 0 Å². The lowest BCUT2D eigenvalue weighted by atomic mass is 9.58. The molecule has 1 saturated heterocycles. The summed E-state index contributed by atoms with van der Waals surface area (Å²) in [6.45, 7) is 6.42. The summed E-state index contributed by atoms with van der Waals surface area (Å²) in [5.74, 6) is 1.73. The van der Waals surface area contributed by atoms with Crippen molar-refractivity contribution < 1.29 is 9.84 Å². The topological polar surface area (TPSA) is 75.8 Å². The normalized spacial score (nSPS) is 26.7. The van der Waals surface area contributed by atoms with Gasteiger partial charge in [0.2, 0.25) is 0 Å². The van der Waals surface area contributed by atoms with Gasteiger partial charge in [-0.15, -0.1) is 15.3 Å². The zero-order valence-electron chi connectivity index (χ0n) is 13.6. The average Bonchev–Trinajstić information content (AvgIpc) is 2.95. The smallest absolute Gasteiger partial charge is 0.178 e. The molecule has 2 aromatic rings. The van der Waals surface area contributed by atoms with E-state index in [0.717, 1.165) is 49.6 Å². The summed E-state index contributed by atoms with van der Waals surface area (Å²) in [6, 6.07) is 3.95. The van der Waals surface area contributed by atoms with E-state index in [4.69, 9.17) is 4.74 Å². The van der Waals surface area contributed by atoms with E-state index in [1.165, 1.54) is 0 Å². The molecule has 4 rings (SSSR count). The highest BCUT2D eigenvalue weighted by molar-refractivity contribution is 5.46. The summed E-state index contributed by atoms with van der Waals surface area (Å²) in [5, 5.41) is 23.1. The number of aliphatic hydroxyl groups is 1. The second-order valence-corrected chi connectivity index (χ2v) is 6.62. The second-order valence-electron chi connectivity index (χ2n) is 6.62. The summed E-state index contributed by atoms with van der Waals surface area (Å²) in [4.78, 5) is 2.28. The standard InChI is InChI=1S/C16H23N5O2/c1-3-23-13-10-12(22)16(13)6-8-20(9-7-16)15-5-4-14-18-17-11(2)21(14)19-15/h4-5,12-13,22H,3,6-10H2,1-2H3/t12-,13+/m1/s1. The maximum absolute atomic E-state index is 10.3. The van der Waals surface area contributed by atoms with Crippen LogP contribution in [-0.2, 0) is 4.74 Å². The number of piperidine rings is 1. The predicted molar refractivity (Wildman–Crippen MR) is 85.4 cm³/mol. The van der Waals surface area contributed by atoms with Crippen molar-refractivity contribution in [1.29, 1.82) is 0 Å². The van der Waals surface area contributed by atoms with Crippen LogP contribution in [0.1, 0.15) is 32.0 Å². The summed E-state index contributed by atoms with van der Waals surface area (Å²) in [7, 11) is 0. The number of aromatic nitrogens is 4. The van der Waals surface area contributed by atoms with Gasteiger partial charge in [0.05, 0.1) is 12.2 Å². The zero-order valence-corrected chi connectivity index (χ0v) is 13.6. The van der Waals surface area contributed by atoms with E-state index in [9.17, 15) is 5.11 Å². The van der Waals surface area contributed by atoms with E-state index in [1.807, 2.05) is 26.0 Å². The number of anilines is 1. The molecule has 23 heavy (non-hydrogen) atoms. The number of hydrogen-bond acceptors (Lipinski definition) is 6. The van der Waals surface area contributed by atoms with Gasteiger partial charge in [-0.2, -0.15) is 4.52 Å². The van der Waals surface area contributed by atoms with Crippen molar-refractivity contribution in [2.24, 2.45) is 5.41 Å². The summed E-state index contributed by atoms with van der Waals surface area (Å²) in [5.41, 5.74) is 0.717. The number of nitrogens with zero attached hydrogens (tertiary/aromatic N) is 5. The largest absolute Gasteiger partial charge is 0.392 e. The van der Waals surface area contributed by atoms with Crippen LogP contribution in [-0.4, -0.2) is 56.8 Å². The highest BCUT2D eigenvalue weighted by Crippen LogP contribution is 2.51. The number of aliphatic hydroxyl groups excluding tert-OH is 1. The molecule has 7 heteroatoms. The first-order valence-electron chi connectivity index (χ1n) is 8.38. The Kier molecular flexibility index (Phi) is 3.50. The maximum atomic E-state index is 10.3. The Morgan fingerprint density at radius 1 is 1.30 bits per heavy atom. The van der Waals surface area contributed by atoms with Gasteiger partial charge in [-0.05, 0) is 38.8 Å². The minimum Gasteiger partial charge on any atom is -0.392 e. The molecule has 1 saturated carbocycles. The Hall–Kier alpha value is -1.73. The molecular weight excluding hydrogens is 294 g/mol. The van der Waals surface area contributed by atoms with Crippen LogP contribution in [0.3, 0.4) is 0 Å². The molecule has 1 spiro atoms. The van der Waals surface area contributed by atoms with Gasteiger partial charge in [0.25, 0.3) is 0 Å². The van der Waals surface area contributed by atoms with Crippen molar-refractivity contribution in [2.45, 2.75) is 45.3 Å². The van der Waals surface area contributed by atoms with Crippen LogP contribution >= 0.6 is 0 Å². The average molecular weight is 317 g/mol. The Morgan fingerprint density at radius 2 is 2.09 bits per heavy atom. The number of ether oxygens (including phenoxy) is 1. The van der Waals surface area contributed by atoms with E-state index in [0.29, 0.717) is 6.61 Å². The van der Waals surface area contributed by atoms with E-state index in [2.05, 4.69) is 20.2 Å². The Morgan fingerprint density at radius 3 is 2.78 bits per heavy atom. The van der Waals surface area contributed by atoms with Crippen molar-refractivity contribution in [3.05, 3.63) is 18.0 Å². The number of hydrogen-bond donors (Lipinski definition) is 1. The molecule has 1 aliphatic heterocycles. The molecule has 2 aliphatic rings. The third kappa shape index (κ3) is 2.21. The van der Waals surface area contributed by atoms with Crippen molar-refractivity contribution >= 4 is 11.5 Å². The van der Waals surface area contributed by atoms with Crippen LogP contribution in [0.25, 0.3) is 5.65 Å². The highest BCUT2D eigenvalue weighted by atomic mass is 16.5. The number of fused-ring (bicyclic) bond motifs is 1. The minimum atomic E-state index is -0.225. The molecule has 2 aromatic heterocycles. The molecule has 3 heterocycles. The van der Waals surface area contributed by atoms with Crippen molar-refractivity contribution in [1.82, 2.24) is 19.8 Å². The summed E-state index contributed by atoms with van der Waals surface area (Å²) >= 11 is 0. The predicted octanol–water partition coefficient (Wildman–Crippen LogP) is 1.19. The van der Waals surface area contributed by atoms with E-state index in [1.54, 1.807) is 4.52 Å². The van der Waals surface area contributed by atoms with Gasteiger partial charge < -0.3 is 14.7 Å². The highest BCUT2D eigenvalue weighted by Gasteiger charge is 2.56. The first-order chi connectivity index (χ1) is 11.1. The molecule has 2 atom stereocenters. The van der Waals surface area contributed by atoms with Gasteiger partial charge in [0, 0.05) is 31.5 Å². The molecule has 0 radical (unpaired) electrons. The van der Waals surface area contributed by atoms with E-state index >= 15 is 0 Å². The molecule has 0 bridgehead atoms. The van der Waals surface area contributed by atoms with Crippen LogP contribution in [0.15, 0.2) is 12.1 Å². The van der Waals surface area contributed by atoms with Gasteiger partial charge in [-0.25, -0.2) is 0 Å². The monoisotopic (exact) mass is 317 g/mol. The van der Waals surface area contributed by atoms with Gasteiger partial charge >= 0.3 is 0 Å². The van der Waals surface area contributed by atoms with E-state index in [-0.39, 0.29) is 17.6 Å². The van der Waals surface area contributed by atoms with Crippen LogP contribution in [0, 0.1) is 12.3 Å². The lowest BCUT2D eigenvalue weighted by molar-refractivity contribution is -0.199. The first-order valence-corrected chi connectivity index (χ1v) is 8.38. The Labute approximate surface area is 135 Å². The van der Waals surface area contributed by atoms with Crippen LogP contribution in [0.5, 0.6) is 0 Å². The minimum absolute atomic E-state index is 0.0525. The molecule has 1 aliphatic carbocycles. The van der Waals surface area contributed by atoms with Gasteiger partial charge in [0.1, 0.15) is 5.82 Å². The third-order valence-corrected chi connectivity index (χ3v) is 5.53. The van der Waals surface area contributed by atoms with Crippen LogP contribution in [0.2, 0.25) is 0 Å². The molecule has 124 valence electrons. The SMILES string of the molecule is CCO[C@H]1C[C@@H](O)C12CCN(c1ccc3nnc(C)n3n1)CC2. The Bertz CT molecular complexity index is 706. The summed E-state index contributed by atoms with van der Waals surface area (Å²) in [6.07, 6.45) is 2.65. The molecule has 1 N–H and O–H groups in total. The number of rotatable bonds is 3. The van der Waals surface area contributed by atoms with Crippen LogP contribution in [0.4, 0.5) is 5.82 Å². The fourth-order valence-electron chi connectivity index (χ4n) is 4.02. The quantitative estimate of drug-likeness (QED) is 0.916. The molecule has 2 fully saturated rings. The van der Waals surface area contributed by atoms with Crippen molar-refractivity contribution in [2.75, 3.05) is 24.6 Å². The van der Waals surface area contributed by atoms with Gasteiger partial charge in [-0.1, -0.05) is 0 Å². The first kappa shape index (κ1) is 14.8. The lowest BCUT2D eigenvalue weighted by Gasteiger charge is -2.56. The lowest BCUT2D eigenvalue weighted by Crippen LogP contribution is -2.62. The molecule has 0 amide bonds. The zero-order chi connectivity index (χ0) is 16.0. The summed E-state index contributed by atoms with van der Waals surface area (Å²) < 4.78 is 7.61. The van der Waals surface area contributed by atoms with Gasteiger partial charge in [0.15, 0.2) is 11.5 Å². The fourth-order valence-corrected chi connectivity index (χ4v) is 4.02. The number of aryl methyl sites for hydroxylation is 1. The molecule has 0 aromatic carbocycles. The molecule has 0 unspecified atom stereocenters.